The van der Waals surface area contributed by atoms with Crippen LogP contribution in [0.2, 0.25) is 0 Å². The summed E-state index contributed by atoms with van der Waals surface area (Å²) in [6.07, 6.45) is 0. The Morgan fingerprint density at radius 1 is 1.39 bits per heavy atom. The highest BCUT2D eigenvalue weighted by molar-refractivity contribution is 9.10. The number of halogens is 2. The van der Waals surface area contributed by atoms with Crippen LogP contribution in [0.25, 0.3) is 0 Å². The monoisotopic (exact) mass is 328 g/mol. The lowest BCUT2D eigenvalue weighted by molar-refractivity contribution is 0.427. The molecule has 5 heteroatoms. The predicted molar refractivity (Wildman–Crippen MR) is 76.5 cm³/mol. The van der Waals surface area contributed by atoms with Crippen LogP contribution in [0.15, 0.2) is 22.7 Å². The Hall–Kier alpha value is -1.00. The van der Waals surface area contributed by atoms with E-state index < -0.39 is 0 Å². The molecule has 96 valence electrons. The molecular formula is C13H14BrClN2O. The summed E-state index contributed by atoms with van der Waals surface area (Å²) in [7, 11) is 1.85. The molecule has 3 nitrogen and oxygen atoms in total. The van der Waals surface area contributed by atoms with Gasteiger partial charge in [-0.25, -0.2) is 4.68 Å². The molecule has 0 saturated carbocycles. The van der Waals surface area contributed by atoms with Gasteiger partial charge in [0.15, 0.2) is 0 Å². The first-order valence-corrected chi connectivity index (χ1v) is 6.88. The molecule has 0 atom stereocenters. The van der Waals surface area contributed by atoms with Crippen molar-refractivity contribution in [2.75, 3.05) is 0 Å². The summed E-state index contributed by atoms with van der Waals surface area (Å²) in [6, 6.07) is 5.86. The molecule has 0 bridgehead atoms. The van der Waals surface area contributed by atoms with Crippen LogP contribution < -0.4 is 4.74 Å². The molecule has 0 unspecified atom stereocenters. The topological polar surface area (TPSA) is 27.1 Å². The molecule has 1 heterocycles. The summed E-state index contributed by atoms with van der Waals surface area (Å²) in [5.41, 5.74) is 2.95. The van der Waals surface area contributed by atoms with E-state index in [2.05, 4.69) is 21.0 Å². The van der Waals surface area contributed by atoms with Crippen LogP contribution in [-0.2, 0) is 12.9 Å². The minimum absolute atomic E-state index is 0.393. The number of aromatic nitrogens is 2. The van der Waals surface area contributed by atoms with Crippen molar-refractivity contribution in [3.63, 3.8) is 0 Å². The van der Waals surface area contributed by atoms with Crippen LogP contribution in [0.4, 0.5) is 0 Å². The van der Waals surface area contributed by atoms with Gasteiger partial charge in [0.25, 0.3) is 0 Å². The maximum absolute atomic E-state index is 5.93. The van der Waals surface area contributed by atoms with Gasteiger partial charge in [-0.3, -0.25) is 0 Å². The van der Waals surface area contributed by atoms with Crippen LogP contribution in [0, 0.1) is 13.8 Å². The van der Waals surface area contributed by atoms with Gasteiger partial charge in [-0.05, 0) is 37.6 Å². The Labute approximate surface area is 120 Å². The number of aryl methyl sites for hydroxylation is 3. The summed E-state index contributed by atoms with van der Waals surface area (Å²) in [6.45, 7) is 3.95. The van der Waals surface area contributed by atoms with Crippen LogP contribution >= 0.6 is 27.5 Å². The number of rotatable bonds is 3. The van der Waals surface area contributed by atoms with Gasteiger partial charge in [0.05, 0.1) is 17.1 Å². The van der Waals surface area contributed by atoms with Crippen molar-refractivity contribution in [3.05, 3.63) is 39.5 Å². The molecule has 0 radical (unpaired) electrons. The molecule has 18 heavy (non-hydrogen) atoms. The van der Waals surface area contributed by atoms with Gasteiger partial charge in [-0.1, -0.05) is 15.9 Å². The second kappa shape index (κ2) is 5.33. The van der Waals surface area contributed by atoms with E-state index in [9.17, 15) is 0 Å². The standard InChI is InChI=1S/C13H14BrClN2O/c1-8-6-10(4-5-12(8)14)18-13-11(7-15)9(2)16-17(13)3/h4-6H,7H2,1-3H3. The van der Waals surface area contributed by atoms with Gasteiger partial charge < -0.3 is 4.74 Å². The van der Waals surface area contributed by atoms with Crippen LogP contribution in [0.5, 0.6) is 11.6 Å². The minimum atomic E-state index is 0.393. The fourth-order valence-corrected chi connectivity index (χ4v) is 2.31. The maximum Gasteiger partial charge on any atom is 0.222 e. The van der Waals surface area contributed by atoms with Crippen molar-refractivity contribution >= 4 is 27.5 Å². The van der Waals surface area contributed by atoms with Gasteiger partial charge in [0.1, 0.15) is 5.75 Å². The highest BCUT2D eigenvalue weighted by Gasteiger charge is 2.14. The van der Waals surface area contributed by atoms with E-state index in [4.69, 9.17) is 16.3 Å². The predicted octanol–water partition coefficient (Wildman–Crippen LogP) is 4.33. The summed E-state index contributed by atoms with van der Waals surface area (Å²) in [5, 5.41) is 4.32. The number of hydrogen-bond acceptors (Lipinski definition) is 2. The normalized spacial score (nSPS) is 10.7. The lowest BCUT2D eigenvalue weighted by atomic mass is 10.2. The number of nitrogens with zero attached hydrogens (tertiary/aromatic N) is 2. The van der Waals surface area contributed by atoms with Gasteiger partial charge in [-0.15, -0.1) is 11.6 Å². The lowest BCUT2D eigenvalue weighted by Crippen LogP contribution is -1.96. The van der Waals surface area contributed by atoms with Gasteiger partial charge in [-0.2, -0.15) is 5.10 Å². The molecular weight excluding hydrogens is 316 g/mol. The third-order valence-corrected chi connectivity index (χ3v) is 3.92. The summed E-state index contributed by atoms with van der Waals surface area (Å²) in [4.78, 5) is 0. The molecule has 0 saturated heterocycles. The summed E-state index contributed by atoms with van der Waals surface area (Å²) < 4.78 is 8.66. The largest absolute Gasteiger partial charge is 0.439 e. The zero-order chi connectivity index (χ0) is 13.3. The Bertz CT molecular complexity index is 581. The second-order valence-corrected chi connectivity index (χ2v) is 5.26. The summed E-state index contributed by atoms with van der Waals surface area (Å²) in [5.74, 6) is 1.87. The van der Waals surface area contributed by atoms with Crippen molar-refractivity contribution in [3.8, 4) is 11.6 Å². The van der Waals surface area contributed by atoms with Crippen LogP contribution in [-0.4, -0.2) is 9.78 Å². The molecule has 0 amide bonds. The highest BCUT2D eigenvalue weighted by atomic mass is 79.9. The molecule has 1 aromatic heterocycles. The fraction of sp³-hybridized carbons (Fsp3) is 0.308. The molecule has 0 aliphatic rings. The second-order valence-electron chi connectivity index (χ2n) is 4.14. The highest BCUT2D eigenvalue weighted by Crippen LogP contribution is 2.30. The van der Waals surface area contributed by atoms with Crippen molar-refractivity contribution in [2.45, 2.75) is 19.7 Å². The van der Waals surface area contributed by atoms with Crippen molar-refractivity contribution in [1.29, 1.82) is 0 Å². The zero-order valence-corrected chi connectivity index (χ0v) is 12.8. The first-order valence-electron chi connectivity index (χ1n) is 5.55. The van der Waals surface area contributed by atoms with Crippen molar-refractivity contribution in [2.24, 2.45) is 7.05 Å². The molecule has 0 N–H and O–H groups in total. The van der Waals surface area contributed by atoms with E-state index in [-0.39, 0.29) is 0 Å². The van der Waals surface area contributed by atoms with Crippen LogP contribution in [0.1, 0.15) is 16.8 Å². The number of benzene rings is 1. The lowest BCUT2D eigenvalue weighted by Gasteiger charge is -2.09. The average molecular weight is 330 g/mol. The van der Waals surface area contributed by atoms with E-state index >= 15 is 0 Å². The Morgan fingerprint density at radius 3 is 2.72 bits per heavy atom. The third-order valence-electron chi connectivity index (χ3n) is 2.77. The molecule has 2 rings (SSSR count). The van der Waals surface area contributed by atoms with Crippen molar-refractivity contribution in [1.82, 2.24) is 9.78 Å². The molecule has 0 spiro atoms. The molecule has 2 aromatic rings. The van der Waals surface area contributed by atoms with Gasteiger partial charge in [0.2, 0.25) is 5.88 Å². The number of alkyl halides is 1. The first kappa shape index (κ1) is 13.4. The number of ether oxygens (including phenoxy) is 1. The summed E-state index contributed by atoms with van der Waals surface area (Å²) >= 11 is 9.40. The fourth-order valence-electron chi connectivity index (χ4n) is 1.75. The number of hydrogen-bond donors (Lipinski definition) is 0. The average Bonchev–Trinajstić information content (AvgIpc) is 2.58. The smallest absolute Gasteiger partial charge is 0.222 e. The Balaban J connectivity index is 2.36. The van der Waals surface area contributed by atoms with Gasteiger partial charge >= 0.3 is 0 Å². The Kier molecular flexibility index (Phi) is 3.97. The maximum atomic E-state index is 5.93. The third kappa shape index (κ3) is 2.54. The molecule has 0 fully saturated rings. The molecule has 1 aromatic carbocycles. The molecule has 0 aliphatic heterocycles. The van der Waals surface area contributed by atoms with E-state index in [0.717, 1.165) is 27.0 Å². The SMILES string of the molecule is Cc1cc(Oc2c(CCl)c(C)nn2C)ccc1Br. The van der Waals surface area contributed by atoms with Crippen molar-refractivity contribution < 1.29 is 4.74 Å². The first-order chi connectivity index (χ1) is 8.52. The van der Waals surface area contributed by atoms with Crippen LogP contribution in [0.3, 0.4) is 0 Å². The van der Waals surface area contributed by atoms with E-state index in [1.807, 2.05) is 39.1 Å². The van der Waals surface area contributed by atoms with Gasteiger partial charge in [0, 0.05) is 11.5 Å². The minimum Gasteiger partial charge on any atom is -0.439 e. The van der Waals surface area contributed by atoms with E-state index in [0.29, 0.717) is 11.8 Å². The quantitative estimate of drug-likeness (QED) is 0.784. The van der Waals surface area contributed by atoms with E-state index in [1.165, 1.54) is 0 Å². The zero-order valence-electron chi connectivity index (χ0n) is 10.5. The van der Waals surface area contributed by atoms with E-state index in [1.54, 1.807) is 4.68 Å². The molecule has 0 aliphatic carbocycles. The Morgan fingerprint density at radius 2 is 2.11 bits per heavy atom.